The molecule has 0 bridgehead atoms. The molecule has 256 valence electrons. The molecule has 2 heterocycles. The van der Waals surface area contributed by atoms with Crippen LogP contribution >= 0.6 is 61.8 Å². The number of amides is 2. The predicted molar refractivity (Wildman–Crippen MR) is 205 cm³/mol. The van der Waals surface area contributed by atoms with Gasteiger partial charge in [-0.15, -0.1) is 22.7 Å². The Hall–Kier alpha value is -4.65. The van der Waals surface area contributed by atoms with E-state index < -0.39 is 23.7 Å². The molecule has 2 amide bonds. The number of thiophene rings is 2. The monoisotopic (exact) mass is 820 g/mol. The molecule has 2 N–H and O–H groups in total. The van der Waals surface area contributed by atoms with Crippen molar-refractivity contribution in [3.05, 3.63) is 150 Å². The lowest BCUT2D eigenvalue weighted by Crippen LogP contribution is -2.19. The van der Waals surface area contributed by atoms with Crippen molar-refractivity contribution >= 4 is 95.6 Å². The van der Waals surface area contributed by atoms with E-state index >= 15 is 0 Å². The van der Waals surface area contributed by atoms with Gasteiger partial charge < -0.3 is 15.4 Å². The van der Waals surface area contributed by atoms with Gasteiger partial charge in [0.25, 0.3) is 5.91 Å². The summed E-state index contributed by atoms with van der Waals surface area (Å²) in [5.74, 6) is -3.77. The minimum atomic E-state index is -1.06. The predicted octanol–water partition coefficient (Wildman–Crippen LogP) is 11.2. The zero-order chi connectivity index (χ0) is 36.1. The average Bonchev–Trinajstić information content (AvgIpc) is 3.72. The molecule has 2 aromatic heterocycles. The summed E-state index contributed by atoms with van der Waals surface area (Å²) >= 11 is 18.2. The molecule has 0 saturated carbocycles. The fourth-order valence-electron chi connectivity index (χ4n) is 5.15. The molecule has 0 spiro atoms. The fourth-order valence-corrected chi connectivity index (χ4v) is 7.82. The Kier molecular flexibility index (Phi) is 11.4. The van der Waals surface area contributed by atoms with Crippen molar-refractivity contribution in [2.24, 2.45) is 0 Å². The van der Waals surface area contributed by atoms with E-state index in [4.69, 9.17) is 27.9 Å². The highest BCUT2D eigenvalue weighted by molar-refractivity contribution is 9.10. The molecular weight excluding hydrogens is 798 g/mol. The van der Waals surface area contributed by atoms with Crippen LogP contribution in [-0.2, 0) is 16.0 Å². The smallest absolute Gasteiger partial charge is 0.349 e. The number of ether oxygens (including phenoxy) is 1. The molecular formula is C38H24BrCl2FN2O5S2. The Bertz CT molecular complexity index is 2280. The van der Waals surface area contributed by atoms with Gasteiger partial charge in [-0.1, -0.05) is 99.8 Å². The number of aryl methyl sites for hydroxylation is 1. The van der Waals surface area contributed by atoms with E-state index in [1.807, 2.05) is 30.3 Å². The summed E-state index contributed by atoms with van der Waals surface area (Å²) in [6.07, 6.45) is 0.617. The minimum absolute atomic E-state index is 0.0256. The van der Waals surface area contributed by atoms with Crippen molar-refractivity contribution < 1.29 is 28.3 Å². The molecule has 0 fully saturated rings. The number of carbonyl (C=O) groups excluding carboxylic acids is 4. The Morgan fingerprint density at radius 2 is 1.33 bits per heavy atom. The molecule has 6 aromatic rings. The molecule has 4 aromatic carbocycles. The van der Waals surface area contributed by atoms with Crippen molar-refractivity contribution in [1.29, 1.82) is 0 Å². The molecule has 0 aliphatic rings. The van der Waals surface area contributed by atoms with Crippen molar-refractivity contribution in [2.45, 2.75) is 12.8 Å². The zero-order valence-electron chi connectivity index (χ0n) is 26.2. The van der Waals surface area contributed by atoms with Crippen molar-refractivity contribution in [3.63, 3.8) is 0 Å². The van der Waals surface area contributed by atoms with Gasteiger partial charge in [0.1, 0.15) is 26.9 Å². The number of anilines is 2. The van der Waals surface area contributed by atoms with E-state index in [1.165, 1.54) is 6.07 Å². The van der Waals surface area contributed by atoms with Crippen LogP contribution in [-0.4, -0.2) is 23.8 Å². The Morgan fingerprint density at radius 1 is 0.706 bits per heavy atom. The normalized spacial score (nSPS) is 10.8. The highest BCUT2D eigenvalue weighted by Crippen LogP contribution is 2.41. The standard InChI is InChI=1S/C38H24BrCl2FN2O5S2/c39-23-13-11-22(12-14-23)27-19-50-36(44-34(46)26-16-15-24(42)18-30(26)41)32(27)37(47)49-38(48)33-28(25-8-4-5-9-29(25)40)20-51-35(33)43-31(45)17-10-21-6-2-1-3-7-21/h1-9,11-16,18-20H,10,17H2,(H,43,45)(H,44,46). The van der Waals surface area contributed by atoms with E-state index in [0.717, 1.165) is 44.8 Å². The van der Waals surface area contributed by atoms with Gasteiger partial charge in [0, 0.05) is 43.4 Å². The van der Waals surface area contributed by atoms with E-state index in [1.54, 1.807) is 59.3 Å². The summed E-state index contributed by atoms with van der Waals surface area (Å²) in [5, 5.41) is 9.25. The maximum atomic E-state index is 14.0. The number of esters is 2. The molecule has 0 aliphatic carbocycles. The van der Waals surface area contributed by atoms with Crippen molar-refractivity contribution in [2.75, 3.05) is 10.6 Å². The van der Waals surface area contributed by atoms with Crippen LogP contribution in [0.25, 0.3) is 22.3 Å². The summed E-state index contributed by atoms with van der Waals surface area (Å²) in [4.78, 5) is 54.4. The Balaban J connectivity index is 1.34. The largest absolute Gasteiger partial charge is 0.386 e. The number of hydrogen-bond donors (Lipinski definition) is 2. The minimum Gasteiger partial charge on any atom is -0.386 e. The Morgan fingerprint density at radius 3 is 2.02 bits per heavy atom. The second kappa shape index (κ2) is 16.1. The molecule has 0 saturated heterocycles. The second-order valence-corrected chi connectivity index (χ2v) is 14.5. The third-order valence-electron chi connectivity index (χ3n) is 7.63. The molecule has 0 aliphatic heterocycles. The van der Waals surface area contributed by atoms with Crippen molar-refractivity contribution in [3.8, 4) is 22.3 Å². The molecule has 0 atom stereocenters. The van der Waals surface area contributed by atoms with Gasteiger partial charge in [-0.2, -0.15) is 0 Å². The number of hydrogen-bond acceptors (Lipinski definition) is 7. The summed E-state index contributed by atoms with van der Waals surface area (Å²) < 4.78 is 20.0. The van der Waals surface area contributed by atoms with Gasteiger partial charge in [-0.05, 0) is 53.9 Å². The fraction of sp³-hybridized carbons (Fsp3) is 0.0526. The first-order chi connectivity index (χ1) is 24.6. The molecule has 0 radical (unpaired) electrons. The molecule has 13 heteroatoms. The number of nitrogens with one attached hydrogen (secondary N) is 2. The lowest BCUT2D eigenvalue weighted by Gasteiger charge is -2.12. The lowest BCUT2D eigenvalue weighted by molar-refractivity contribution is -0.116. The third kappa shape index (κ3) is 8.46. The molecule has 51 heavy (non-hydrogen) atoms. The maximum absolute atomic E-state index is 14.0. The van der Waals surface area contributed by atoms with Crippen LogP contribution in [0.15, 0.2) is 112 Å². The summed E-state index contributed by atoms with van der Waals surface area (Å²) in [7, 11) is 0. The summed E-state index contributed by atoms with van der Waals surface area (Å²) in [6, 6.07) is 26.7. The quantitative estimate of drug-likeness (QED) is 0.106. The topological polar surface area (TPSA) is 102 Å². The number of carbonyl (C=O) groups is 4. The average molecular weight is 823 g/mol. The van der Waals surface area contributed by atoms with E-state index in [0.29, 0.717) is 33.7 Å². The first-order valence-electron chi connectivity index (χ1n) is 15.2. The molecule has 0 unspecified atom stereocenters. The number of rotatable bonds is 10. The highest BCUT2D eigenvalue weighted by atomic mass is 79.9. The van der Waals surface area contributed by atoms with E-state index in [9.17, 15) is 23.6 Å². The van der Waals surface area contributed by atoms with Gasteiger partial charge in [0.15, 0.2) is 0 Å². The zero-order valence-corrected chi connectivity index (χ0v) is 30.9. The SMILES string of the molecule is O=C(CCc1ccccc1)Nc1scc(-c2ccccc2Cl)c1C(=O)OC(=O)c1c(-c2ccc(Br)cc2)csc1NC(=O)c1ccc(F)cc1Cl. The second-order valence-electron chi connectivity index (χ2n) is 11.0. The van der Waals surface area contributed by atoms with Gasteiger partial charge >= 0.3 is 11.9 Å². The van der Waals surface area contributed by atoms with Crippen molar-refractivity contribution in [1.82, 2.24) is 0 Å². The van der Waals surface area contributed by atoms with Gasteiger partial charge in [0.2, 0.25) is 5.91 Å². The first kappa shape index (κ1) is 36.2. The van der Waals surface area contributed by atoms with Crippen LogP contribution in [0.5, 0.6) is 0 Å². The maximum Gasteiger partial charge on any atom is 0.349 e. The highest BCUT2D eigenvalue weighted by Gasteiger charge is 2.30. The van der Waals surface area contributed by atoms with Crippen LogP contribution in [0.1, 0.15) is 43.1 Å². The first-order valence-corrected chi connectivity index (χ1v) is 18.5. The lowest BCUT2D eigenvalue weighted by atomic mass is 10.0. The van der Waals surface area contributed by atoms with Crippen LogP contribution in [0.2, 0.25) is 10.0 Å². The van der Waals surface area contributed by atoms with Crippen LogP contribution in [0.3, 0.4) is 0 Å². The number of halogens is 4. The third-order valence-corrected chi connectivity index (χ3v) is 10.6. The van der Waals surface area contributed by atoms with E-state index in [2.05, 4.69) is 26.6 Å². The molecule has 7 nitrogen and oxygen atoms in total. The molecule has 6 rings (SSSR count). The summed E-state index contributed by atoms with van der Waals surface area (Å²) in [6.45, 7) is 0. The van der Waals surface area contributed by atoms with Crippen LogP contribution in [0, 0.1) is 5.82 Å². The Labute approximate surface area is 318 Å². The van der Waals surface area contributed by atoms with Gasteiger partial charge in [-0.25, -0.2) is 14.0 Å². The summed E-state index contributed by atoms with van der Waals surface area (Å²) in [5.41, 5.74) is 2.65. The van der Waals surface area contributed by atoms with Crippen LogP contribution < -0.4 is 10.6 Å². The van der Waals surface area contributed by atoms with Gasteiger partial charge in [-0.3, -0.25) is 9.59 Å². The van der Waals surface area contributed by atoms with Gasteiger partial charge in [0.05, 0.1) is 10.6 Å². The number of benzene rings is 4. The van der Waals surface area contributed by atoms with E-state index in [-0.39, 0.29) is 44.0 Å². The van der Waals surface area contributed by atoms with Crippen LogP contribution in [0.4, 0.5) is 14.4 Å².